The summed E-state index contributed by atoms with van der Waals surface area (Å²) in [6, 6.07) is 0. The number of carbonyl (C=O) groups excluding carboxylic acids is 2. The van der Waals surface area contributed by atoms with E-state index in [1.165, 1.54) is 10.8 Å². The molecule has 0 aliphatic rings. The van der Waals surface area contributed by atoms with E-state index < -0.39 is 5.97 Å². The van der Waals surface area contributed by atoms with Crippen molar-refractivity contribution in [1.29, 1.82) is 0 Å². The van der Waals surface area contributed by atoms with Crippen LogP contribution in [0.25, 0.3) is 0 Å². The second-order valence-corrected chi connectivity index (χ2v) is 3.48. The second-order valence-electron chi connectivity index (χ2n) is 3.25. The number of nitrogens with zero attached hydrogens (tertiary/aromatic N) is 3. The molecule has 1 rings (SSSR count). The predicted molar refractivity (Wildman–Crippen MR) is 65.9 cm³/mol. The summed E-state index contributed by atoms with van der Waals surface area (Å²) in [6.45, 7) is 4.01. The van der Waals surface area contributed by atoms with Gasteiger partial charge in [0, 0.05) is 0 Å². The highest BCUT2D eigenvalue weighted by atomic mass is 31.0. The number of hydrogen-bond acceptors (Lipinski definition) is 6. The van der Waals surface area contributed by atoms with Crippen molar-refractivity contribution in [2.75, 3.05) is 6.54 Å². The lowest BCUT2D eigenvalue weighted by Crippen LogP contribution is -2.25. The molecule has 1 amide bonds. The summed E-state index contributed by atoms with van der Waals surface area (Å²) in [5.41, 5.74) is 0.612. The minimum Gasteiger partial charge on any atom is -0.451 e. The van der Waals surface area contributed by atoms with E-state index in [0.717, 1.165) is 0 Å². The number of aromatic nitrogens is 3. The fraction of sp³-hybridized carbons (Fsp3) is 0.333. The molecule has 1 aromatic heterocycles. The van der Waals surface area contributed by atoms with Gasteiger partial charge in [-0.3, -0.25) is 14.9 Å². The van der Waals surface area contributed by atoms with Crippen molar-refractivity contribution in [2.45, 2.75) is 13.2 Å². The van der Waals surface area contributed by atoms with Crippen LogP contribution in [0.4, 0.5) is 0 Å². The molecule has 1 aromatic rings. The Bertz CT molecular complexity index is 434. The van der Waals surface area contributed by atoms with Gasteiger partial charge < -0.3 is 9.84 Å². The molecule has 0 aliphatic carbocycles. The molecule has 2 N–H and O–H groups in total. The summed E-state index contributed by atoms with van der Waals surface area (Å²) in [4.78, 5) is 21.7. The normalized spacial score (nSPS) is 9.83. The number of hydrogen-bond donors (Lipinski definition) is 2. The first-order valence-electron chi connectivity index (χ1n) is 5.05. The van der Waals surface area contributed by atoms with Crippen molar-refractivity contribution in [1.82, 2.24) is 25.6 Å². The molecule has 0 bridgehead atoms. The van der Waals surface area contributed by atoms with Gasteiger partial charge in [-0.2, -0.15) is 0 Å². The Labute approximate surface area is 106 Å². The van der Waals surface area contributed by atoms with Crippen molar-refractivity contribution >= 4 is 21.3 Å². The van der Waals surface area contributed by atoms with E-state index in [1.54, 1.807) is 6.20 Å². The maximum atomic E-state index is 10.9. The quantitative estimate of drug-likeness (QED) is 0.485. The summed E-state index contributed by atoms with van der Waals surface area (Å²) in [6.07, 6.45) is 2.84. The van der Waals surface area contributed by atoms with E-state index in [4.69, 9.17) is 0 Å². The minimum absolute atomic E-state index is 0.0753. The van der Waals surface area contributed by atoms with Crippen LogP contribution in [-0.2, 0) is 27.3 Å². The summed E-state index contributed by atoms with van der Waals surface area (Å²) in [7, 11) is 1.88. The van der Waals surface area contributed by atoms with Gasteiger partial charge in [0.1, 0.15) is 5.69 Å². The molecule has 0 fully saturated rings. The van der Waals surface area contributed by atoms with Crippen LogP contribution in [0.5, 0.6) is 0 Å². The van der Waals surface area contributed by atoms with Crippen LogP contribution in [0.15, 0.2) is 18.9 Å². The van der Waals surface area contributed by atoms with Crippen LogP contribution >= 0.6 is 9.47 Å². The first-order valence-corrected chi connectivity index (χ1v) is 5.52. The number of nitrogens with one attached hydrogen (secondary N) is 2. The van der Waals surface area contributed by atoms with E-state index >= 15 is 0 Å². The topological polar surface area (TPSA) is 98.1 Å². The van der Waals surface area contributed by atoms with Crippen LogP contribution in [0.3, 0.4) is 0 Å². The van der Waals surface area contributed by atoms with Gasteiger partial charge in [-0.1, -0.05) is 11.8 Å². The summed E-state index contributed by atoms with van der Waals surface area (Å²) in [5, 5.41) is 13.0. The molecule has 8 nitrogen and oxygen atoms in total. The molecule has 0 saturated heterocycles. The van der Waals surface area contributed by atoms with Crippen LogP contribution in [0, 0.1) is 0 Å². The number of amides is 1. The Morgan fingerprint density at radius 3 is 3.06 bits per heavy atom. The van der Waals surface area contributed by atoms with E-state index in [1.807, 2.05) is 9.47 Å². The zero-order valence-electron chi connectivity index (χ0n) is 9.63. The number of rotatable bonds is 7. The third kappa shape index (κ3) is 5.03. The molecule has 1 unspecified atom stereocenters. The fourth-order valence-corrected chi connectivity index (χ4v) is 1.14. The second kappa shape index (κ2) is 7.52. The maximum absolute atomic E-state index is 10.9. The molecule has 0 radical (unpaired) electrons. The molecular weight excluding hydrogens is 257 g/mol. The van der Waals surface area contributed by atoms with Crippen LogP contribution in [0.1, 0.15) is 5.69 Å². The zero-order valence-corrected chi connectivity index (χ0v) is 10.8. The molecule has 98 valence electrons. The largest absolute Gasteiger partial charge is 0.451 e. The van der Waals surface area contributed by atoms with Gasteiger partial charge in [-0.25, -0.2) is 4.68 Å². The molecule has 0 saturated carbocycles. The van der Waals surface area contributed by atoms with Gasteiger partial charge in [0.25, 0.3) is 0 Å². The van der Waals surface area contributed by atoms with Crippen LogP contribution < -0.4 is 10.6 Å². The maximum Gasteiger partial charge on any atom is 0.322 e. The van der Waals surface area contributed by atoms with Gasteiger partial charge in [0.2, 0.25) is 5.91 Å². The Balaban J connectivity index is 2.32. The van der Waals surface area contributed by atoms with E-state index in [9.17, 15) is 9.59 Å². The van der Waals surface area contributed by atoms with Crippen LogP contribution in [-0.4, -0.2) is 33.4 Å². The molecule has 1 heterocycles. The Morgan fingerprint density at radius 2 is 2.39 bits per heavy atom. The lowest BCUT2D eigenvalue weighted by Gasteiger charge is -2.01. The molecule has 1 atom stereocenters. The predicted octanol–water partition coefficient (Wildman–Crippen LogP) is -1.04. The highest BCUT2D eigenvalue weighted by Gasteiger charge is 2.03. The molecule has 18 heavy (non-hydrogen) atoms. The van der Waals surface area contributed by atoms with Gasteiger partial charge in [0.05, 0.1) is 35.4 Å². The highest BCUT2D eigenvalue weighted by Crippen LogP contribution is 1.92. The third-order valence-corrected chi connectivity index (χ3v) is 2.15. The molecule has 9 heteroatoms. The molecule has 0 spiro atoms. The Hall–Kier alpha value is -1.79. The summed E-state index contributed by atoms with van der Waals surface area (Å²) >= 11 is 0. The summed E-state index contributed by atoms with van der Waals surface area (Å²) in [5.74, 6) is -0.663. The third-order valence-electron chi connectivity index (χ3n) is 1.89. The Kier molecular flexibility index (Phi) is 5.96. The first-order chi connectivity index (χ1) is 8.65. The monoisotopic (exact) mass is 271 g/mol. The van der Waals surface area contributed by atoms with Crippen molar-refractivity contribution in [3.8, 4) is 0 Å². The van der Waals surface area contributed by atoms with E-state index in [0.29, 0.717) is 12.4 Å². The molecular formula is C9H14N5O3P. The van der Waals surface area contributed by atoms with Gasteiger partial charge in [-0.15, -0.1) is 5.10 Å². The average Bonchev–Trinajstić information content (AvgIpc) is 2.83. The van der Waals surface area contributed by atoms with Gasteiger partial charge in [-0.05, 0) is 6.08 Å². The lowest BCUT2D eigenvalue weighted by atomic mass is 10.4. The fourth-order valence-electron chi connectivity index (χ4n) is 1.06. The van der Waals surface area contributed by atoms with Crippen LogP contribution in [0.2, 0.25) is 0 Å². The average molecular weight is 271 g/mol. The molecule has 0 aromatic carbocycles. The minimum atomic E-state index is -0.390. The van der Waals surface area contributed by atoms with Crippen molar-refractivity contribution in [2.24, 2.45) is 0 Å². The standard InChI is InChI=1S/C9H14N5O3P/c1-2-8(15)11-3-7-5-14(13-12-7)6-10-4-9(16)17-18/h2,5,10H,1,3-4,6,18H2,(H,11,15). The van der Waals surface area contributed by atoms with E-state index in [-0.39, 0.29) is 19.0 Å². The zero-order chi connectivity index (χ0) is 13.4. The first kappa shape index (κ1) is 14.3. The van der Waals surface area contributed by atoms with E-state index in [2.05, 4.69) is 32.0 Å². The molecule has 0 aliphatic heterocycles. The smallest absolute Gasteiger partial charge is 0.322 e. The highest BCUT2D eigenvalue weighted by molar-refractivity contribution is 7.10. The van der Waals surface area contributed by atoms with Gasteiger partial charge >= 0.3 is 5.97 Å². The lowest BCUT2D eigenvalue weighted by molar-refractivity contribution is -0.132. The SMILES string of the molecule is C=CC(=O)NCc1cn(CNCC(=O)OP)nn1. The van der Waals surface area contributed by atoms with Crippen molar-refractivity contribution < 1.29 is 14.1 Å². The Morgan fingerprint density at radius 1 is 1.61 bits per heavy atom. The summed E-state index contributed by atoms with van der Waals surface area (Å²) < 4.78 is 5.89. The van der Waals surface area contributed by atoms with Crippen molar-refractivity contribution in [3.05, 3.63) is 24.5 Å². The van der Waals surface area contributed by atoms with Gasteiger partial charge in [0.15, 0.2) is 0 Å². The van der Waals surface area contributed by atoms with Crippen molar-refractivity contribution in [3.63, 3.8) is 0 Å². The number of carbonyl (C=O) groups is 2.